The second-order valence-corrected chi connectivity index (χ2v) is 5.22. The van der Waals surface area contributed by atoms with Crippen molar-refractivity contribution in [2.45, 2.75) is 36.5 Å². The third-order valence-corrected chi connectivity index (χ3v) is 3.52. The normalized spacial score (nSPS) is 12.3. The average Bonchev–Trinajstić information content (AvgIpc) is 2.46. The highest BCUT2D eigenvalue weighted by Gasteiger charge is 2.07. The second kappa shape index (κ2) is 7.21. The van der Waals surface area contributed by atoms with Crippen LogP contribution in [0, 0.1) is 0 Å². The van der Waals surface area contributed by atoms with Crippen molar-refractivity contribution in [1.82, 2.24) is 20.3 Å². The van der Waals surface area contributed by atoms with Gasteiger partial charge in [-0.2, -0.15) is 0 Å². The molecule has 0 fully saturated rings. The minimum Gasteiger partial charge on any atom is -0.310 e. The molecular formula is C14H18N4S. The van der Waals surface area contributed by atoms with E-state index in [1.807, 2.05) is 18.3 Å². The fraction of sp³-hybridized carbons (Fsp3) is 0.357. The van der Waals surface area contributed by atoms with Gasteiger partial charge in [-0.3, -0.25) is 0 Å². The Morgan fingerprint density at radius 1 is 1.21 bits per heavy atom. The van der Waals surface area contributed by atoms with Crippen LogP contribution >= 0.6 is 11.8 Å². The lowest BCUT2D eigenvalue weighted by Gasteiger charge is -2.13. The number of rotatable bonds is 6. The van der Waals surface area contributed by atoms with Gasteiger partial charge < -0.3 is 5.32 Å². The summed E-state index contributed by atoms with van der Waals surface area (Å²) in [4.78, 5) is 12.7. The topological polar surface area (TPSA) is 50.7 Å². The molecule has 1 N–H and O–H groups in total. The summed E-state index contributed by atoms with van der Waals surface area (Å²) in [5.41, 5.74) is 1.24. The van der Waals surface area contributed by atoms with E-state index in [9.17, 15) is 0 Å². The van der Waals surface area contributed by atoms with Gasteiger partial charge in [0.1, 0.15) is 5.03 Å². The Labute approximate surface area is 118 Å². The van der Waals surface area contributed by atoms with Crippen LogP contribution in [0.15, 0.2) is 47.0 Å². The van der Waals surface area contributed by atoms with Gasteiger partial charge in [0.25, 0.3) is 0 Å². The minimum atomic E-state index is 0.332. The van der Waals surface area contributed by atoms with Crippen molar-refractivity contribution in [3.8, 4) is 0 Å². The van der Waals surface area contributed by atoms with Crippen molar-refractivity contribution < 1.29 is 0 Å². The van der Waals surface area contributed by atoms with Gasteiger partial charge in [0.05, 0.1) is 0 Å². The third-order valence-electron chi connectivity index (χ3n) is 2.70. The highest BCUT2D eigenvalue weighted by molar-refractivity contribution is 7.99. The maximum atomic E-state index is 4.35. The van der Waals surface area contributed by atoms with Crippen LogP contribution in [0.2, 0.25) is 0 Å². The van der Waals surface area contributed by atoms with Crippen LogP contribution in [0.4, 0.5) is 0 Å². The molecule has 100 valence electrons. The molecule has 0 spiro atoms. The summed E-state index contributed by atoms with van der Waals surface area (Å²) >= 11 is 1.48. The first-order valence-corrected chi connectivity index (χ1v) is 7.25. The lowest BCUT2D eigenvalue weighted by molar-refractivity contribution is 0.569. The van der Waals surface area contributed by atoms with E-state index in [4.69, 9.17) is 0 Å². The Balaban J connectivity index is 2.06. The van der Waals surface area contributed by atoms with E-state index in [0.717, 1.165) is 23.1 Å². The molecule has 0 aliphatic heterocycles. The van der Waals surface area contributed by atoms with Gasteiger partial charge in [-0.05, 0) is 55.4 Å². The van der Waals surface area contributed by atoms with E-state index < -0.39 is 0 Å². The predicted molar refractivity (Wildman–Crippen MR) is 77.1 cm³/mol. The highest BCUT2D eigenvalue weighted by atomic mass is 32.2. The largest absolute Gasteiger partial charge is 0.310 e. The molecule has 0 saturated heterocycles. The second-order valence-electron chi connectivity index (χ2n) is 4.24. The molecule has 0 amide bonds. The van der Waals surface area contributed by atoms with Crippen molar-refractivity contribution in [2.75, 3.05) is 6.54 Å². The van der Waals surface area contributed by atoms with Crippen LogP contribution < -0.4 is 5.32 Å². The molecule has 0 bridgehead atoms. The summed E-state index contributed by atoms with van der Waals surface area (Å²) < 4.78 is 0. The van der Waals surface area contributed by atoms with Gasteiger partial charge in [0.2, 0.25) is 0 Å². The minimum absolute atomic E-state index is 0.332. The van der Waals surface area contributed by atoms with Crippen molar-refractivity contribution >= 4 is 11.8 Å². The maximum absolute atomic E-state index is 4.35. The van der Waals surface area contributed by atoms with Crippen molar-refractivity contribution in [2.24, 2.45) is 0 Å². The maximum Gasteiger partial charge on any atom is 0.193 e. The quantitative estimate of drug-likeness (QED) is 0.820. The Morgan fingerprint density at radius 3 is 2.74 bits per heavy atom. The van der Waals surface area contributed by atoms with Gasteiger partial charge >= 0.3 is 0 Å². The number of hydrogen-bond donors (Lipinski definition) is 1. The van der Waals surface area contributed by atoms with Crippen molar-refractivity contribution in [3.63, 3.8) is 0 Å². The summed E-state index contributed by atoms with van der Waals surface area (Å²) in [6, 6.07) is 6.28. The Kier molecular flexibility index (Phi) is 5.30. The number of pyridine rings is 1. The zero-order valence-electron chi connectivity index (χ0n) is 11.2. The molecule has 0 aromatic carbocycles. The summed E-state index contributed by atoms with van der Waals surface area (Å²) in [7, 11) is 0. The first-order chi connectivity index (χ1) is 9.29. The summed E-state index contributed by atoms with van der Waals surface area (Å²) in [5, 5.41) is 5.12. The molecule has 0 radical (unpaired) electrons. The third kappa shape index (κ3) is 4.29. The first-order valence-electron chi connectivity index (χ1n) is 6.44. The van der Waals surface area contributed by atoms with Crippen molar-refractivity contribution in [3.05, 3.63) is 42.4 Å². The van der Waals surface area contributed by atoms with E-state index >= 15 is 0 Å². The molecule has 2 heterocycles. The monoisotopic (exact) mass is 274 g/mol. The number of nitrogens with zero attached hydrogens (tertiary/aromatic N) is 3. The molecule has 2 aromatic rings. The highest BCUT2D eigenvalue weighted by Crippen LogP contribution is 2.24. The molecular weight excluding hydrogens is 256 g/mol. The Morgan fingerprint density at radius 2 is 2.00 bits per heavy atom. The van der Waals surface area contributed by atoms with Crippen molar-refractivity contribution in [1.29, 1.82) is 0 Å². The Bertz CT molecular complexity index is 504. The lowest BCUT2D eigenvalue weighted by atomic mass is 10.1. The molecule has 4 nitrogen and oxygen atoms in total. The average molecular weight is 274 g/mol. The Hall–Kier alpha value is -1.46. The zero-order valence-corrected chi connectivity index (χ0v) is 12.0. The number of aromatic nitrogens is 3. The molecule has 2 aromatic heterocycles. The van der Waals surface area contributed by atoms with Gasteiger partial charge in [-0.1, -0.05) is 6.92 Å². The predicted octanol–water partition coefficient (Wildman–Crippen LogP) is 3.08. The molecule has 5 heteroatoms. The molecule has 0 aliphatic rings. The molecule has 0 saturated carbocycles. The first kappa shape index (κ1) is 14.0. The van der Waals surface area contributed by atoms with E-state index in [-0.39, 0.29) is 0 Å². The van der Waals surface area contributed by atoms with Crippen LogP contribution in [0.1, 0.15) is 31.9 Å². The molecule has 19 heavy (non-hydrogen) atoms. The van der Waals surface area contributed by atoms with Gasteiger partial charge in [-0.25, -0.2) is 15.0 Å². The fourth-order valence-electron chi connectivity index (χ4n) is 1.66. The summed E-state index contributed by atoms with van der Waals surface area (Å²) in [5.74, 6) is 0. The number of nitrogens with one attached hydrogen (secondary N) is 1. The molecule has 0 aliphatic carbocycles. The van der Waals surface area contributed by atoms with E-state index in [2.05, 4.69) is 40.2 Å². The molecule has 1 atom stereocenters. The summed E-state index contributed by atoms with van der Waals surface area (Å²) in [6.07, 6.45) is 6.45. The smallest absolute Gasteiger partial charge is 0.193 e. The van der Waals surface area contributed by atoms with E-state index in [1.165, 1.54) is 17.3 Å². The number of hydrogen-bond acceptors (Lipinski definition) is 5. The van der Waals surface area contributed by atoms with Crippen LogP contribution in [0.5, 0.6) is 0 Å². The van der Waals surface area contributed by atoms with E-state index in [0.29, 0.717) is 6.04 Å². The van der Waals surface area contributed by atoms with Crippen LogP contribution in [0.25, 0.3) is 0 Å². The van der Waals surface area contributed by atoms with Gasteiger partial charge in [0, 0.05) is 24.6 Å². The van der Waals surface area contributed by atoms with Gasteiger partial charge in [-0.15, -0.1) is 0 Å². The van der Waals surface area contributed by atoms with Crippen LogP contribution in [-0.2, 0) is 0 Å². The fourth-order valence-corrected chi connectivity index (χ4v) is 2.38. The SMILES string of the molecule is CCCNC(C)c1ccnc(Sc2ncccn2)c1. The van der Waals surface area contributed by atoms with Crippen LogP contribution in [0.3, 0.4) is 0 Å². The summed E-state index contributed by atoms with van der Waals surface area (Å²) in [6.45, 7) is 5.35. The molecule has 2 rings (SSSR count). The standard InChI is InChI=1S/C14H18N4S/c1-3-6-15-11(2)12-5-9-16-13(10-12)19-14-17-7-4-8-18-14/h4-5,7-11,15H,3,6H2,1-2H3. The zero-order chi connectivity index (χ0) is 13.5. The van der Waals surface area contributed by atoms with E-state index in [1.54, 1.807) is 12.4 Å². The lowest BCUT2D eigenvalue weighted by Crippen LogP contribution is -2.19. The molecule has 1 unspecified atom stereocenters. The van der Waals surface area contributed by atoms with Crippen LogP contribution in [-0.4, -0.2) is 21.5 Å². The van der Waals surface area contributed by atoms with Gasteiger partial charge in [0.15, 0.2) is 5.16 Å².